The molecule has 0 N–H and O–H groups in total. The standard InChI is InChI=1S/C25H24F3N3O3S/c1-24(2)23(21(33)14-32)31(16-8-10-17(11-9-16)35-25(26,27)28)15-30(24)13-19-18-6-4-5-7-20(18)29-12-22(19)34-3/h4-12,14,23H,13,15H2,1-3H3. The van der Waals surface area contributed by atoms with Crippen LogP contribution in [-0.4, -0.2) is 52.8 Å². The molecule has 1 aliphatic heterocycles. The van der Waals surface area contributed by atoms with Gasteiger partial charge in [-0.15, -0.1) is 0 Å². The molecule has 1 aliphatic rings. The van der Waals surface area contributed by atoms with Gasteiger partial charge in [0.2, 0.25) is 5.78 Å². The first-order valence-corrected chi connectivity index (χ1v) is 11.6. The summed E-state index contributed by atoms with van der Waals surface area (Å²) in [5, 5.41) is 0.910. The van der Waals surface area contributed by atoms with Gasteiger partial charge in [-0.2, -0.15) is 13.2 Å². The average molecular weight is 504 g/mol. The smallest absolute Gasteiger partial charge is 0.446 e. The number of benzene rings is 2. The summed E-state index contributed by atoms with van der Waals surface area (Å²) in [6.45, 7) is 4.44. The van der Waals surface area contributed by atoms with E-state index < -0.39 is 22.9 Å². The normalized spacial score (nSPS) is 18.1. The number of halogens is 3. The fourth-order valence-electron chi connectivity index (χ4n) is 4.60. The van der Waals surface area contributed by atoms with Crippen molar-refractivity contribution >= 4 is 40.4 Å². The fraction of sp³-hybridized carbons (Fsp3) is 0.320. The predicted molar refractivity (Wildman–Crippen MR) is 128 cm³/mol. The van der Waals surface area contributed by atoms with Crippen molar-refractivity contribution in [2.75, 3.05) is 18.7 Å². The molecule has 0 radical (unpaired) electrons. The minimum atomic E-state index is -4.39. The van der Waals surface area contributed by atoms with Crippen LogP contribution in [-0.2, 0) is 16.1 Å². The van der Waals surface area contributed by atoms with Crippen molar-refractivity contribution in [1.29, 1.82) is 0 Å². The second-order valence-electron chi connectivity index (χ2n) is 8.75. The zero-order valence-corrected chi connectivity index (χ0v) is 20.2. The van der Waals surface area contributed by atoms with Crippen molar-refractivity contribution in [3.8, 4) is 5.75 Å². The molecule has 4 rings (SSSR count). The number of Topliss-reactive ketones (excluding diaryl/α,β-unsaturated/α-hetero) is 1. The molecule has 2 heterocycles. The lowest BCUT2D eigenvalue weighted by Crippen LogP contribution is -2.51. The summed E-state index contributed by atoms with van der Waals surface area (Å²) < 4.78 is 43.8. The molecule has 0 saturated carbocycles. The predicted octanol–water partition coefficient (Wildman–Crippen LogP) is 5.05. The molecule has 184 valence electrons. The first-order chi connectivity index (χ1) is 16.5. The van der Waals surface area contributed by atoms with E-state index in [4.69, 9.17) is 4.74 Å². The quantitative estimate of drug-likeness (QED) is 0.254. The Morgan fingerprint density at radius 2 is 1.89 bits per heavy atom. The Morgan fingerprint density at radius 3 is 2.51 bits per heavy atom. The third kappa shape index (κ3) is 4.99. The number of thioether (sulfide) groups is 1. The van der Waals surface area contributed by atoms with Gasteiger partial charge in [-0.3, -0.25) is 19.5 Å². The molecular weight excluding hydrogens is 479 g/mol. The van der Waals surface area contributed by atoms with Gasteiger partial charge in [-0.1, -0.05) is 18.2 Å². The van der Waals surface area contributed by atoms with Crippen molar-refractivity contribution in [2.24, 2.45) is 0 Å². The highest BCUT2D eigenvalue weighted by molar-refractivity contribution is 8.00. The van der Waals surface area contributed by atoms with E-state index in [0.717, 1.165) is 16.5 Å². The Morgan fingerprint density at radius 1 is 1.20 bits per heavy atom. The van der Waals surface area contributed by atoms with Crippen LogP contribution in [0.1, 0.15) is 19.4 Å². The SMILES string of the molecule is COc1cnc2ccccc2c1CN1CN(c2ccc(SC(F)(F)F)cc2)C(C(=O)C=O)C1(C)C. The average Bonchev–Trinajstić information content (AvgIpc) is 3.08. The van der Waals surface area contributed by atoms with Crippen LogP contribution in [0.5, 0.6) is 5.75 Å². The number of fused-ring (bicyclic) bond motifs is 1. The van der Waals surface area contributed by atoms with Gasteiger partial charge in [0.15, 0.2) is 6.29 Å². The molecule has 10 heteroatoms. The molecule has 1 aromatic heterocycles. The summed E-state index contributed by atoms with van der Waals surface area (Å²) in [5.74, 6) is 0.00235. The van der Waals surface area contributed by atoms with Gasteiger partial charge in [0.1, 0.15) is 11.8 Å². The van der Waals surface area contributed by atoms with Crippen LogP contribution in [0.25, 0.3) is 10.9 Å². The number of methoxy groups -OCH3 is 1. The molecule has 1 atom stereocenters. The summed E-state index contributed by atoms with van der Waals surface area (Å²) in [6.07, 6.45) is 1.96. The van der Waals surface area contributed by atoms with Crippen LogP contribution >= 0.6 is 11.8 Å². The van der Waals surface area contributed by atoms with Gasteiger partial charge < -0.3 is 9.64 Å². The number of hydrogen-bond acceptors (Lipinski definition) is 7. The van der Waals surface area contributed by atoms with Crippen molar-refractivity contribution in [3.63, 3.8) is 0 Å². The molecular formula is C25H24F3N3O3S. The van der Waals surface area contributed by atoms with Gasteiger partial charge in [0.25, 0.3) is 0 Å². The highest BCUT2D eigenvalue weighted by Gasteiger charge is 2.50. The van der Waals surface area contributed by atoms with E-state index in [9.17, 15) is 22.8 Å². The molecule has 6 nitrogen and oxygen atoms in total. The lowest BCUT2D eigenvalue weighted by atomic mass is 9.90. The van der Waals surface area contributed by atoms with Crippen LogP contribution in [0.2, 0.25) is 0 Å². The van der Waals surface area contributed by atoms with Crippen molar-refractivity contribution in [2.45, 2.75) is 42.4 Å². The summed E-state index contributed by atoms with van der Waals surface area (Å²) in [5.41, 5.74) is -2.92. The number of pyridine rings is 1. The maximum Gasteiger partial charge on any atom is 0.446 e. The first-order valence-electron chi connectivity index (χ1n) is 10.8. The largest absolute Gasteiger partial charge is 0.495 e. The third-order valence-electron chi connectivity index (χ3n) is 6.32. The van der Waals surface area contributed by atoms with Crippen LogP contribution in [0, 0.1) is 0 Å². The molecule has 3 aromatic rings. The molecule has 0 bridgehead atoms. The Labute approximate surface area is 205 Å². The lowest BCUT2D eigenvalue weighted by molar-refractivity contribution is -0.131. The van der Waals surface area contributed by atoms with E-state index in [1.165, 1.54) is 12.1 Å². The van der Waals surface area contributed by atoms with Crippen molar-refractivity contribution < 1.29 is 27.5 Å². The van der Waals surface area contributed by atoms with Crippen LogP contribution in [0.3, 0.4) is 0 Å². The highest BCUT2D eigenvalue weighted by Crippen LogP contribution is 2.41. The number of hydrogen-bond donors (Lipinski definition) is 0. The Bertz CT molecular complexity index is 1250. The number of ketones is 1. The van der Waals surface area contributed by atoms with Crippen LogP contribution < -0.4 is 9.64 Å². The second kappa shape index (κ2) is 9.50. The summed E-state index contributed by atoms with van der Waals surface area (Å²) in [4.78, 5) is 32.6. The van der Waals surface area contributed by atoms with E-state index in [-0.39, 0.29) is 23.3 Å². The topological polar surface area (TPSA) is 62.7 Å². The summed E-state index contributed by atoms with van der Waals surface area (Å²) in [6, 6.07) is 12.7. The van der Waals surface area contributed by atoms with Gasteiger partial charge in [0.05, 0.1) is 25.5 Å². The van der Waals surface area contributed by atoms with E-state index >= 15 is 0 Å². The molecule has 0 amide bonds. The Hall–Kier alpha value is -3.11. The Kier molecular flexibility index (Phi) is 6.79. The minimum absolute atomic E-state index is 0.0443. The van der Waals surface area contributed by atoms with Gasteiger partial charge in [0, 0.05) is 33.6 Å². The molecule has 1 unspecified atom stereocenters. The number of nitrogens with zero attached hydrogens (tertiary/aromatic N) is 3. The van der Waals surface area contributed by atoms with E-state index in [2.05, 4.69) is 9.88 Å². The van der Waals surface area contributed by atoms with Crippen LogP contribution in [0.15, 0.2) is 59.6 Å². The highest BCUT2D eigenvalue weighted by atomic mass is 32.2. The second-order valence-corrected chi connectivity index (χ2v) is 9.89. The van der Waals surface area contributed by atoms with E-state index in [1.807, 2.05) is 38.1 Å². The zero-order chi connectivity index (χ0) is 25.4. The number of rotatable bonds is 7. The first kappa shape index (κ1) is 25.0. The fourth-order valence-corrected chi connectivity index (χ4v) is 5.14. The van der Waals surface area contributed by atoms with Crippen molar-refractivity contribution in [1.82, 2.24) is 9.88 Å². The molecule has 35 heavy (non-hydrogen) atoms. The lowest BCUT2D eigenvalue weighted by Gasteiger charge is -2.34. The van der Waals surface area contributed by atoms with Crippen molar-refractivity contribution in [3.05, 3.63) is 60.3 Å². The summed E-state index contributed by atoms with van der Waals surface area (Å²) in [7, 11) is 1.57. The molecule has 2 aromatic carbocycles. The molecule has 1 fully saturated rings. The number of aromatic nitrogens is 1. The maximum atomic E-state index is 12.8. The summed E-state index contributed by atoms with van der Waals surface area (Å²) >= 11 is -0.201. The van der Waals surface area contributed by atoms with Gasteiger partial charge in [-0.05, 0) is 55.9 Å². The molecule has 0 spiro atoms. The van der Waals surface area contributed by atoms with Gasteiger partial charge >= 0.3 is 5.51 Å². The maximum absolute atomic E-state index is 12.8. The zero-order valence-electron chi connectivity index (χ0n) is 19.4. The monoisotopic (exact) mass is 503 g/mol. The van der Waals surface area contributed by atoms with E-state index in [1.54, 1.807) is 30.3 Å². The molecule has 1 saturated heterocycles. The number of para-hydroxylation sites is 1. The van der Waals surface area contributed by atoms with Crippen LogP contribution in [0.4, 0.5) is 18.9 Å². The minimum Gasteiger partial charge on any atom is -0.495 e. The number of anilines is 1. The molecule has 0 aliphatic carbocycles. The third-order valence-corrected chi connectivity index (χ3v) is 7.06. The number of ether oxygens (including phenoxy) is 1. The number of carbonyl (C=O) groups is 2. The number of aldehydes is 1. The number of carbonyl (C=O) groups excluding carboxylic acids is 2. The number of alkyl halides is 3. The Balaban J connectivity index is 1.71. The van der Waals surface area contributed by atoms with Gasteiger partial charge in [-0.25, -0.2) is 0 Å². The van der Waals surface area contributed by atoms with E-state index in [0.29, 0.717) is 24.3 Å².